The number of carbonyl (C=O) groups excluding carboxylic acids is 2. The molecule has 0 N–H and O–H groups in total. The molecule has 0 aromatic heterocycles. The summed E-state index contributed by atoms with van der Waals surface area (Å²) >= 11 is 0. The van der Waals surface area contributed by atoms with E-state index in [1.165, 1.54) is 56.9 Å². The van der Waals surface area contributed by atoms with Crippen LogP contribution in [0, 0.1) is 56.7 Å². The van der Waals surface area contributed by atoms with Gasteiger partial charge in [-0.1, -0.05) is 46.8 Å². The first-order chi connectivity index (χ1) is 17.6. The second-order valence-electron chi connectivity index (χ2n) is 15.8. The van der Waals surface area contributed by atoms with Crippen LogP contribution in [-0.4, -0.2) is 24.6 Å². The van der Waals surface area contributed by atoms with Crippen LogP contribution in [0.4, 0.5) is 0 Å². The molecule has 0 radical (unpaired) electrons. The molecule has 0 unspecified atom stereocenters. The molecule has 5 rings (SSSR count). The first-order valence-corrected chi connectivity index (χ1v) is 15.6. The molecule has 4 nitrogen and oxygen atoms in total. The number of carbonyl (C=O) groups is 2. The first kappa shape index (κ1) is 28.2. The first-order valence-electron chi connectivity index (χ1n) is 15.6. The zero-order chi connectivity index (χ0) is 27.9. The summed E-state index contributed by atoms with van der Waals surface area (Å²) in [5.74, 6) is 2.76. The van der Waals surface area contributed by atoms with Gasteiger partial charge in [-0.15, -0.1) is 0 Å². The predicted molar refractivity (Wildman–Crippen MR) is 151 cm³/mol. The van der Waals surface area contributed by atoms with Gasteiger partial charge in [0.1, 0.15) is 6.10 Å². The lowest BCUT2D eigenvalue weighted by atomic mass is 9.32. The van der Waals surface area contributed by atoms with Crippen LogP contribution < -0.4 is 0 Å². The lowest BCUT2D eigenvalue weighted by Crippen LogP contribution is -2.67. The Balaban J connectivity index is 1.49. The molecule has 38 heavy (non-hydrogen) atoms. The van der Waals surface area contributed by atoms with E-state index < -0.39 is 0 Å². The van der Waals surface area contributed by atoms with Gasteiger partial charge in [0.25, 0.3) is 0 Å². The van der Waals surface area contributed by atoms with E-state index in [2.05, 4.69) is 48.1 Å². The van der Waals surface area contributed by atoms with Crippen LogP contribution in [0.1, 0.15) is 120 Å². The van der Waals surface area contributed by atoms with Crippen LogP contribution in [0.5, 0.6) is 0 Å². The van der Waals surface area contributed by atoms with Gasteiger partial charge in [0, 0.05) is 24.7 Å². The molecule has 5 aliphatic rings. The fourth-order valence-electron chi connectivity index (χ4n) is 12.2. The summed E-state index contributed by atoms with van der Waals surface area (Å²) in [4.78, 5) is 23.8. The maximum absolute atomic E-state index is 11.9. The third kappa shape index (κ3) is 3.80. The highest BCUT2D eigenvalue weighted by Gasteiger charge is 2.71. The van der Waals surface area contributed by atoms with E-state index in [0.717, 1.165) is 12.8 Å². The topological polar surface area (TPSA) is 52.6 Å². The summed E-state index contributed by atoms with van der Waals surface area (Å²) in [5, 5.41) is 0. The Morgan fingerprint density at radius 2 is 1.47 bits per heavy atom. The number of allylic oxidation sites excluding steroid dienone is 1. The standard InChI is InChI=1S/C34H54O4/c1-21(2)24-12-17-34(20-37-22(3)35)19-18-32(8)25(29(24)34)10-11-27-31(7)15-14-28(38-23(4)36)30(5,6)26(31)13-16-33(27,32)9/h24-29H,1,10-20H2,2-9H3/t24-,25+,26+,27+,28-,29-,31+,32+,33+,34+/m0/s1. The van der Waals surface area contributed by atoms with Gasteiger partial charge in [-0.3, -0.25) is 9.59 Å². The van der Waals surface area contributed by atoms with E-state index in [4.69, 9.17) is 9.47 Å². The summed E-state index contributed by atoms with van der Waals surface area (Å²) in [6.07, 6.45) is 12.0. The summed E-state index contributed by atoms with van der Waals surface area (Å²) in [6, 6.07) is 0. The molecule has 0 aromatic carbocycles. The molecule has 0 saturated heterocycles. The van der Waals surface area contributed by atoms with E-state index in [0.29, 0.717) is 41.6 Å². The molecule has 10 atom stereocenters. The third-order valence-electron chi connectivity index (χ3n) is 14.0. The lowest BCUT2D eigenvalue weighted by Gasteiger charge is -2.73. The maximum Gasteiger partial charge on any atom is 0.302 e. The van der Waals surface area contributed by atoms with Crippen LogP contribution in [0.15, 0.2) is 12.2 Å². The summed E-state index contributed by atoms with van der Waals surface area (Å²) in [6.45, 7) is 23.1. The van der Waals surface area contributed by atoms with Crippen molar-refractivity contribution in [2.24, 2.45) is 56.7 Å². The van der Waals surface area contributed by atoms with Crippen LogP contribution in [0.25, 0.3) is 0 Å². The van der Waals surface area contributed by atoms with Gasteiger partial charge < -0.3 is 9.47 Å². The molecule has 0 aliphatic heterocycles. The number of hydrogen-bond acceptors (Lipinski definition) is 4. The van der Waals surface area contributed by atoms with Crippen molar-refractivity contribution < 1.29 is 19.1 Å². The quantitative estimate of drug-likeness (QED) is 0.274. The average Bonchev–Trinajstić information content (AvgIpc) is 3.20. The molecule has 214 valence electrons. The van der Waals surface area contributed by atoms with Gasteiger partial charge in [0.15, 0.2) is 0 Å². The van der Waals surface area contributed by atoms with Crippen LogP contribution in [0.2, 0.25) is 0 Å². The Hall–Kier alpha value is -1.32. The van der Waals surface area contributed by atoms with Crippen molar-refractivity contribution in [1.82, 2.24) is 0 Å². The molecular weight excluding hydrogens is 472 g/mol. The van der Waals surface area contributed by atoms with Gasteiger partial charge in [-0.05, 0) is 117 Å². The van der Waals surface area contributed by atoms with Gasteiger partial charge in [-0.2, -0.15) is 0 Å². The number of esters is 2. The van der Waals surface area contributed by atoms with Crippen molar-refractivity contribution in [3.63, 3.8) is 0 Å². The van der Waals surface area contributed by atoms with Crippen LogP contribution in [-0.2, 0) is 19.1 Å². The van der Waals surface area contributed by atoms with Gasteiger partial charge >= 0.3 is 11.9 Å². The van der Waals surface area contributed by atoms with E-state index in [1.807, 2.05) is 0 Å². The van der Waals surface area contributed by atoms with Crippen molar-refractivity contribution in [3.05, 3.63) is 12.2 Å². The molecule has 0 amide bonds. The summed E-state index contributed by atoms with van der Waals surface area (Å²) < 4.78 is 11.7. The fraction of sp³-hybridized carbons (Fsp3) is 0.882. The van der Waals surface area contributed by atoms with Crippen LogP contribution in [0.3, 0.4) is 0 Å². The highest BCUT2D eigenvalue weighted by Crippen LogP contribution is 2.77. The Morgan fingerprint density at radius 3 is 2.11 bits per heavy atom. The van der Waals surface area contributed by atoms with Gasteiger partial charge in [-0.25, -0.2) is 0 Å². The van der Waals surface area contributed by atoms with Crippen molar-refractivity contribution in [2.45, 2.75) is 126 Å². The zero-order valence-electron chi connectivity index (χ0n) is 25.6. The zero-order valence-corrected chi connectivity index (χ0v) is 25.6. The van der Waals surface area contributed by atoms with Crippen molar-refractivity contribution >= 4 is 11.9 Å². The molecular formula is C34H54O4. The molecule has 0 spiro atoms. The smallest absolute Gasteiger partial charge is 0.302 e. The van der Waals surface area contributed by atoms with Crippen molar-refractivity contribution in [1.29, 1.82) is 0 Å². The van der Waals surface area contributed by atoms with E-state index in [1.54, 1.807) is 13.8 Å². The highest BCUT2D eigenvalue weighted by molar-refractivity contribution is 5.66. The molecule has 5 saturated carbocycles. The summed E-state index contributed by atoms with van der Waals surface area (Å²) in [7, 11) is 0. The normalized spacial score (nSPS) is 49.1. The number of rotatable bonds is 4. The highest BCUT2D eigenvalue weighted by atomic mass is 16.5. The Morgan fingerprint density at radius 1 is 0.763 bits per heavy atom. The molecule has 0 heterocycles. The molecule has 5 aliphatic carbocycles. The monoisotopic (exact) mass is 526 g/mol. The summed E-state index contributed by atoms with van der Waals surface area (Å²) in [5.41, 5.74) is 2.30. The molecule has 0 bridgehead atoms. The lowest BCUT2D eigenvalue weighted by molar-refractivity contribution is -0.252. The molecule has 5 fully saturated rings. The minimum atomic E-state index is -0.140. The minimum Gasteiger partial charge on any atom is -0.465 e. The van der Waals surface area contributed by atoms with Crippen molar-refractivity contribution in [3.8, 4) is 0 Å². The van der Waals surface area contributed by atoms with Gasteiger partial charge in [0.05, 0.1) is 6.61 Å². The Bertz CT molecular complexity index is 998. The van der Waals surface area contributed by atoms with Gasteiger partial charge in [0.2, 0.25) is 0 Å². The predicted octanol–water partition coefficient (Wildman–Crippen LogP) is 8.14. The average molecular weight is 527 g/mol. The van der Waals surface area contributed by atoms with Crippen molar-refractivity contribution in [2.75, 3.05) is 6.61 Å². The van der Waals surface area contributed by atoms with E-state index in [-0.39, 0.29) is 39.7 Å². The largest absolute Gasteiger partial charge is 0.465 e. The molecule has 0 aromatic rings. The van der Waals surface area contributed by atoms with Crippen LogP contribution >= 0.6 is 0 Å². The van der Waals surface area contributed by atoms with E-state index >= 15 is 0 Å². The Labute approximate surface area is 232 Å². The maximum atomic E-state index is 11.9. The molecule has 4 heteroatoms. The number of hydrogen-bond donors (Lipinski definition) is 0. The minimum absolute atomic E-state index is 0.00000109. The second-order valence-corrected chi connectivity index (χ2v) is 15.8. The third-order valence-corrected chi connectivity index (χ3v) is 14.0. The SMILES string of the molecule is C=C(C)[C@@H]1CC[C@]2(COC(C)=O)CC[C@]3(C)[C@H](CC[C@@H]4[C@]5(C)CC[C@H](OC(C)=O)C(C)(C)[C@H]5CC[C@]43C)[C@H]12. The second kappa shape index (κ2) is 9.10. The Kier molecular flexibility index (Phi) is 6.76. The number of fused-ring (bicyclic) bond motifs is 7. The number of ether oxygens (including phenoxy) is 2. The fourth-order valence-corrected chi connectivity index (χ4v) is 12.2. The van der Waals surface area contributed by atoms with E-state index in [9.17, 15) is 9.59 Å².